The van der Waals surface area contributed by atoms with E-state index in [9.17, 15) is 4.79 Å². The molecule has 0 fully saturated rings. The molecule has 1 aromatic rings. The summed E-state index contributed by atoms with van der Waals surface area (Å²) in [4.78, 5) is 14.0. The molecule has 0 saturated heterocycles. The van der Waals surface area contributed by atoms with Crippen molar-refractivity contribution in [3.05, 3.63) is 71.2 Å². The molecular formula is C22H28N4O. The van der Waals surface area contributed by atoms with E-state index in [2.05, 4.69) is 64.4 Å². The number of carbonyl (C=O) groups excluding carboxylic acids is 1. The number of carbonyl (C=O) groups is 1. The summed E-state index contributed by atoms with van der Waals surface area (Å²) in [6.07, 6.45) is 13.4. The molecule has 5 nitrogen and oxygen atoms in total. The second-order valence-corrected chi connectivity index (χ2v) is 7.01. The molecule has 1 aromatic carbocycles. The summed E-state index contributed by atoms with van der Waals surface area (Å²) >= 11 is 0. The van der Waals surface area contributed by atoms with Gasteiger partial charge in [0.2, 0.25) is 0 Å². The molecular weight excluding hydrogens is 336 g/mol. The van der Waals surface area contributed by atoms with Gasteiger partial charge in [-0.2, -0.15) is 5.10 Å². The van der Waals surface area contributed by atoms with Crippen LogP contribution in [0.3, 0.4) is 0 Å². The average molecular weight is 364 g/mol. The number of nitrogens with zero attached hydrogens (tertiary/aromatic N) is 2. The van der Waals surface area contributed by atoms with Crippen molar-refractivity contribution in [1.29, 1.82) is 0 Å². The van der Waals surface area contributed by atoms with Gasteiger partial charge in [0, 0.05) is 45.3 Å². The lowest BCUT2D eigenvalue weighted by molar-refractivity contribution is -0.118. The lowest BCUT2D eigenvalue weighted by Gasteiger charge is -2.30. The number of rotatable bonds is 8. The Bertz CT molecular complexity index is 791. The van der Waals surface area contributed by atoms with Crippen molar-refractivity contribution in [1.82, 2.24) is 15.6 Å². The van der Waals surface area contributed by atoms with E-state index < -0.39 is 0 Å². The Labute approximate surface area is 161 Å². The Balaban J connectivity index is 1.55. The number of nitrogens with one attached hydrogen (secondary N) is 2. The third-order valence-corrected chi connectivity index (χ3v) is 4.70. The maximum absolute atomic E-state index is 11.9. The summed E-state index contributed by atoms with van der Waals surface area (Å²) in [5.41, 5.74) is 7.53. The largest absolute Gasteiger partial charge is 0.380 e. The molecule has 3 rings (SSSR count). The molecule has 2 heterocycles. The smallest absolute Gasteiger partial charge is 0.137 e. The standard InChI is InChI=1S/C22H28N4O/c1-3-6-20(27)14-17-7-4-8-18(13-17)15-23-19-10-11-22(26(2)16-19)21-9-5-12-24-25-21/h4,7-13,16,22-23,25H,3,5-6,14-15H2,1-2H3. The molecule has 2 aliphatic rings. The highest BCUT2D eigenvalue weighted by molar-refractivity contribution is 5.80. The van der Waals surface area contributed by atoms with Gasteiger partial charge in [-0.15, -0.1) is 0 Å². The van der Waals surface area contributed by atoms with E-state index in [0.29, 0.717) is 18.6 Å². The summed E-state index contributed by atoms with van der Waals surface area (Å²) in [6, 6.07) is 8.45. The van der Waals surface area contributed by atoms with Gasteiger partial charge >= 0.3 is 0 Å². The lowest BCUT2D eigenvalue weighted by Crippen LogP contribution is -2.36. The Morgan fingerprint density at radius 3 is 2.96 bits per heavy atom. The number of ketones is 1. The van der Waals surface area contributed by atoms with Crippen LogP contribution in [0.2, 0.25) is 0 Å². The van der Waals surface area contributed by atoms with Crippen LogP contribution in [-0.4, -0.2) is 30.0 Å². The van der Waals surface area contributed by atoms with E-state index in [-0.39, 0.29) is 6.04 Å². The van der Waals surface area contributed by atoms with Crippen LogP contribution < -0.4 is 10.7 Å². The van der Waals surface area contributed by atoms with Crippen LogP contribution in [0.15, 0.2) is 65.2 Å². The topological polar surface area (TPSA) is 56.7 Å². The number of allylic oxidation sites excluding steroid dienone is 2. The Kier molecular flexibility index (Phi) is 6.47. The highest BCUT2D eigenvalue weighted by atomic mass is 16.1. The van der Waals surface area contributed by atoms with Crippen LogP contribution in [0.25, 0.3) is 0 Å². The molecule has 0 aliphatic carbocycles. The zero-order chi connectivity index (χ0) is 19.1. The molecule has 2 N–H and O–H groups in total. The van der Waals surface area contributed by atoms with Crippen molar-refractivity contribution < 1.29 is 4.79 Å². The quantitative estimate of drug-likeness (QED) is 0.743. The highest BCUT2D eigenvalue weighted by Gasteiger charge is 2.18. The minimum Gasteiger partial charge on any atom is -0.380 e. The monoisotopic (exact) mass is 364 g/mol. The van der Waals surface area contributed by atoms with E-state index in [0.717, 1.165) is 36.3 Å². The second kappa shape index (κ2) is 9.21. The first-order chi connectivity index (χ1) is 13.2. The van der Waals surface area contributed by atoms with E-state index in [1.807, 2.05) is 25.3 Å². The van der Waals surface area contributed by atoms with Crippen LogP contribution in [-0.2, 0) is 17.8 Å². The Morgan fingerprint density at radius 2 is 2.22 bits per heavy atom. The van der Waals surface area contributed by atoms with Gasteiger partial charge in [0.25, 0.3) is 0 Å². The van der Waals surface area contributed by atoms with Crippen LogP contribution in [0.4, 0.5) is 0 Å². The molecule has 5 heteroatoms. The summed E-state index contributed by atoms with van der Waals surface area (Å²) in [7, 11) is 2.07. The van der Waals surface area contributed by atoms with Crippen LogP contribution in [0.1, 0.15) is 37.3 Å². The number of hydrazone groups is 1. The zero-order valence-electron chi connectivity index (χ0n) is 16.1. The van der Waals surface area contributed by atoms with Crippen molar-refractivity contribution in [2.45, 2.75) is 45.2 Å². The fraction of sp³-hybridized carbons (Fsp3) is 0.364. The predicted octanol–water partition coefficient (Wildman–Crippen LogP) is 3.26. The van der Waals surface area contributed by atoms with Gasteiger partial charge in [0.05, 0.1) is 17.4 Å². The van der Waals surface area contributed by atoms with E-state index in [1.54, 1.807) is 0 Å². The molecule has 0 saturated carbocycles. The summed E-state index contributed by atoms with van der Waals surface area (Å²) < 4.78 is 0. The van der Waals surface area contributed by atoms with Crippen molar-refractivity contribution >= 4 is 12.0 Å². The normalized spacial score (nSPS) is 18.6. The van der Waals surface area contributed by atoms with E-state index in [4.69, 9.17) is 0 Å². The van der Waals surface area contributed by atoms with Crippen LogP contribution in [0, 0.1) is 0 Å². The molecule has 0 bridgehead atoms. The predicted molar refractivity (Wildman–Crippen MR) is 110 cm³/mol. The third kappa shape index (κ3) is 5.33. The number of hydrogen-bond acceptors (Lipinski definition) is 5. The van der Waals surface area contributed by atoms with Crippen molar-refractivity contribution in [3.8, 4) is 0 Å². The summed E-state index contributed by atoms with van der Waals surface area (Å²) in [6.45, 7) is 2.77. The Morgan fingerprint density at radius 1 is 1.37 bits per heavy atom. The minimum absolute atomic E-state index is 0.181. The summed E-state index contributed by atoms with van der Waals surface area (Å²) in [5, 5.41) is 7.61. The molecule has 0 radical (unpaired) electrons. The third-order valence-electron chi connectivity index (χ3n) is 4.70. The van der Waals surface area contributed by atoms with Crippen LogP contribution >= 0.6 is 0 Å². The maximum atomic E-state index is 11.9. The lowest BCUT2D eigenvalue weighted by atomic mass is 10.0. The number of likely N-dealkylation sites (N-methyl/N-ethyl adjacent to an activating group) is 1. The minimum atomic E-state index is 0.181. The fourth-order valence-electron chi connectivity index (χ4n) is 3.33. The first kappa shape index (κ1) is 19.0. The van der Waals surface area contributed by atoms with Gasteiger partial charge in [-0.3, -0.25) is 10.2 Å². The van der Waals surface area contributed by atoms with Gasteiger partial charge in [0.1, 0.15) is 5.78 Å². The molecule has 0 aromatic heterocycles. The van der Waals surface area contributed by atoms with Gasteiger partial charge in [0.15, 0.2) is 0 Å². The van der Waals surface area contributed by atoms with E-state index in [1.165, 1.54) is 5.56 Å². The number of Topliss-reactive ketones (excluding diaryl/α,β-unsaturated/α-hetero) is 1. The average Bonchev–Trinajstić information content (AvgIpc) is 2.67. The number of benzene rings is 1. The van der Waals surface area contributed by atoms with Gasteiger partial charge < -0.3 is 10.2 Å². The fourth-order valence-corrected chi connectivity index (χ4v) is 3.33. The maximum Gasteiger partial charge on any atom is 0.137 e. The highest BCUT2D eigenvalue weighted by Crippen LogP contribution is 2.18. The zero-order valence-corrected chi connectivity index (χ0v) is 16.1. The molecule has 0 amide bonds. The second-order valence-electron chi connectivity index (χ2n) is 7.01. The Hall–Kier alpha value is -2.82. The molecule has 27 heavy (non-hydrogen) atoms. The van der Waals surface area contributed by atoms with Gasteiger partial charge in [-0.05, 0) is 23.6 Å². The van der Waals surface area contributed by atoms with Gasteiger partial charge in [-0.25, -0.2) is 0 Å². The first-order valence-electron chi connectivity index (χ1n) is 9.58. The van der Waals surface area contributed by atoms with Crippen LogP contribution in [0.5, 0.6) is 0 Å². The SMILES string of the molecule is CCCC(=O)Cc1cccc(CNC2=CN(C)C(C3=CCC=NN3)C=C2)c1. The molecule has 1 unspecified atom stereocenters. The number of hydrogen-bond donors (Lipinski definition) is 2. The molecule has 1 atom stereocenters. The van der Waals surface area contributed by atoms with Crippen molar-refractivity contribution in [3.63, 3.8) is 0 Å². The molecule has 142 valence electrons. The van der Waals surface area contributed by atoms with Crippen molar-refractivity contribution in [2.24, 2.45) is 5.10 Å². The van der Waals surface area contributed by atoms with Gasteiger partial charge in [-0.1, -0.05) is 43.3 Å². The molecule has 0 spiro atoms. The first-order valence-corrected chi connectivity index (χ1v) is 9.58. The summed E-state index contributed by atoms with van der Waals surface area (Å²) in [5.74, 6) is 0.308. The molecule has 2 aliphatic heterocycles. The van der Waals surface area contributed by atoms with Crippen molar-refractivity contribution in [2.75, 3.05) is 7.05 Å². The van der Waals surface area contributed by atoms with E-state index >= 15 is 0 Å².